The minimum absolute atomic E-state index is 0.258. The normalized spacial score (nSPS) is 12.9. The lowest BCUT2D eigenvalue weighted by Crippen LogP contribution is -2.23. The Kier molecular flexibility index (Phi) is 4.15. The minimum Gasteiger partial charge on any atom is -0.306 e. The molecule has 1 atom stereocenters. The van der Waals surface area contributed by atoms with Crippen molar-refractivity contribution in [1.29, 1.82) is 0 Å². The van der Waals surface area contributed by atoms with E-state index in [0.29, 0.717) is 0 Å². The van der Waals surface area contributed by atoms with Gasteiger partial charge in [-0.25, -0.2) is 0 Å². The van der Waals surface area contributed by atoms with E-state index in [0.717, 1.165) is 18.5 Å². The Morgan fingerprint density at radius 3 is 2.85 bits per heavy atom. The summed E-state index contributed by atoms with van der Waals surface area (Å²) in [6.07, 6.45) is 3.15. The van der Waals surface area contributed by atoms with Crippen molar-refractivity contribution >= 4 is 32.9 Å². The van der Waals surface area contributed by atoms with Crippen LogP contribution in [0.1, 0.15) is 35.4 Å². The van der Waals surface area contributed by atoms with Crippen molar-refractivity contribution in [2.75, 3.05) is 6.54 Å². The summed E-state index contributed by atoms with van der Waals surface area (Å²) in [5.41, 5.74) is 3.71. The van der Waals surface area contributed by atoms with Crippen LogP contribution in [0.4, 0.5) is 0 Å². The second-order valence-electron chi connectivity index (χ2n) is 4.93. The first-order valence-electron chi connectivity index (χ1n) is 6.90. The van der Waals surface area contributed by atoms with Gasteiger partial charge in [-0.1, -0.05) is 6.92 Å². The number of rotatable bonds is 5. The number of thiophene rings is 2. The fraction of sp³-hybridized carbons (Fsp3) is 0.312. The standard InChI is InChI=1S/C16H18N2S2/c1-3-6-17-15(16-11(2)4-7-20-16)12-9-14-13(18-10-12)5-8-19-14/h4-5,7-10,15,17H,3,6H2,1-2H3. The van der Waals surface area contributed by atoms with Crippen molar-refractivity contribution in [3.63, 3.8) is 0 Å². The predicted molar refractivity (Wildman–Crippen MR) is 88.8 cm³/mol. The van der Waals surface area contributed by atoms with Crippen LogP contribution in [-0.4, -0.2) is 11.5 Å². The SMILES string of the molecule is CCCNC(c1cnc2ccsc2c1)c1sccc1C. The molecule has 0 amide bonds. The minimum atomic E-state index is 0.258. The monoisotopic (exact) mass is 302 g/mol. The zero-order valence-electron chi connectivity index (χ0n) is 11.7. The van der Waals surface area contributed by atoms with Gasteiger partial charge in [-0.2, -0.15) is 0 Å². The highest BCUT2D eigenvalue weighted by Gasteiger charge is 2.17. The average Bonchev–Trinajstić information content (AvgIpc) is 3.08. The maximum Gasteiger partial charge on any atom is 0.0809 e. The molecule has 2 nitrogen and oxygen atoms in total. The molecule has 104 valence electrons. The average molecular weight is 302 g/mol. The van der Waals surface area contributed by atoms with Gasteiger partial charge in [-0.05, 0) is 60.0 Å². The number of aryl methyl sites for hydroxylation is 1. The molecule has 0 fully saturated rings. The Labute approximate surface area is 127 Å². The van der Waals surface area contributed by atoms with Crippen LogP contribution in [0.15, 0.2) is 35.2 Å². The molecule has 3 aromatic rings. The quantitative estimate of drug-likeness (QED) is 0.735. The summed E-state index contributed by atoms with van der Waals surface area (Å²) in [6, 6.07) is 6.81. The van der Waals surface area contributed by atoms with Gasteiger partial charge in [0.15, 0.2) is 0 Å². The highest BCUT2D eigenvalue weighted by atomic mass is 32.1. The van der Waals surface area contributed by atoms with Crippen LogP contribution in [0.5, 0.6) is 0 Å². The van der Waals surface area contributed by atoms with E-state index in [9.17, 15) is 0 Å². The van der Waals surface area contributed by atoms with Crippen molar-refractivity contribution in [3.8, 4) is 0 Å². The van der Waals surface area contributed by atoms with Gasteiger partial charge in [0.1, 0.15) is 0 Å². The molecule has 0 aromatic carbocycles. The molecule has 0 radical (unpaired) electrons. The summed E-state index contributed by atoms with van der Waals surface area (Å²) >= 11 is 3.58. The van der Waals surface area contributed by atoms with E-state index >= 15 is 0 Å². The van der Waals surface area contributed by atoms with Crippen LogP contribution >= 0.6 is 22.7 Å². The molecular formula is C16H18N2S2. The van der Waals surface area contributed by atoms with Crippen molar-refractivity contribution in [1.82, 2.24) is 10.3 Å². The predicted octanol–water partition coefficient (Wildman–Crippen LogP) is 4.76. The molecular weight excluding hydrogens is 284 g/mol. The van der Waals surface area contributed by atoms with Gasteiger partial charge in [0.05, 0.1) is 16.3 Å². The maximum absolute atomic E-state index is 4.58. The molecule has 3 rings (SSSR count). The Balaban J connectivity index is 2.01. The molecule has 1 unspecified atom stereocenters. The van der Waals surface area contributed by atoms with Gasteiger partial charge in [-0.15, -0.1) is 22.7 Å². The van der Waals surface area contributed by atoms with E-state index in [4.69, 9.17) is 0 Å². The van der Waals surface area contributed by atoms with Gasteiger partial charge in [0.2, 0.25) is 0 Å². The molecule has 1 N–H and O–H groups in total. The second kappa shape index (κ2) is 6.04. The van der Waals surface area contributed by atoms with Crippen molar-refractivity contribution in [2.45, 2.75) is 26.3 Å². The number of hydrogen-bond donors (Lipinski definition) is 1. The Bertz CT molecular complexity index is 699. The number of pyridine rings is 1. The van der Waals surface area contributed by atoms with E-state index in [-0.39, 0.29) is 6.04 Å². The largest absolute Gasteiger partial charge is 0.306 e. The summed E-state index contributed by atoms with van der Waals surface area (Å²) < 4.78 is 1.26. The number of nitrogens with zero attached hydrogens (tertiary/aromatic N) is 1. The third kappa shape index (κ3) is 2.64. The van der Waals surface area contributed by atoms with Crippen LogP contribution < -0.4 is 5.32 Å². The van der Waals surface area contributed by atoms with Gasteiger partial charge >= 0.3 is 0 Å². The lowest BCUT2D eigenvalue weighted by molar-refractivity contribution is 0.603. The molecule has 20 heavy (non-hydrogen) atoms. The van der Waals surface area contributed by atoms with Crippen molar-refractivity contribution < 1.29 is 0 Å². The third-order valence-electron chi connectivity index (χ3n) is 3.42. The summed E-state index contributed by atoms with van der Waals surface area (Å²) in [4.78, 5) is 5.98. The van der Waals surface area contributed by atoms with E-state index in [2.05, 4.69) is 53.1 Å². The van der Waals surface area contributed by atoms with E-state index in [1.165, 1.54) is 20.7 Å². The molecule has 4 heteroatoms. The summed E-state index contributed by atoms with van der Waals surface area (Å²) in [7, 11) is 0. The zero-order valence-corrected chi connectivity index (χ0v) is 13.4. The molecule has 0 aliphatic rings. The fourth-order valence-corrected chi connectivity index (χ4v) is 4.17. The van der Waals surface area contributed by atoms with Crippen LogP contribution in [0.25, 0.3) is 10.2 Å². The summed E-state index contributed by atoms with van der Waals surface area (Å²) in [5.74, 6) is 0. The number of aromatic nitrogens is 1. The van der Waals surface area contributed by atoms with Gasteiger partial charge in [0.25, 0.3) is 0 Å². The smallest absolute Gasteiger partial charge is 0.0809 e. The van der Waals surface area contributed by atoms with Crippen LogP contribution in [-0.2, 0) is 0 Å². The molecule has 3 aromatic heterocycles. The van der Waals surface area contributed by atoms with Crippen molar-refractivity contribution in [2.24, 2.45) is 0 Å². The highest BCUT2D eigenvalue weighted by molar-refractivity contribution is 7.17. The van der Waals surface area contributed by atoms with Crippen LogP contribution in [0.3, 0.4) is 0 Å². The van der Waals surface area contributed by atoms with E-state index in [1.807, 2.05) is 17.5 Å². The molecule has 0 spiro atoms. The number of fused-ring (bicyclic) bond motifs is 1. The second-order valence-corrected chi connectivity index (χ2v) is 6.82. The summed E-state index contributed by atoms with van der Waals surface area (Å²) in [5, 5.41) is 7.93. The first-order chi connectivity index (χ1) is 9.79. The molecule has 0 saturated carbocycles. The lowest BCUT2D eigenvalue weighted by atomic mass is 10.0. The third-order valence-corrected chi connectivity index (χ3v) is 5.36. The van der Waals surface area contributed by atoms with Crippen LogP contribution in [0.2, 0.25) is 0 Å². The molecule has 0 aliphatic heterocycles. The van der Waals surface area contributed by atoms with E-state index in [1.54, 1.807) is 11.3 Å². The molecule has 0 aliphatic carbocycles. The Morgan fingerprint density at radius 1 is 1.25 bits per heavy atom. The Hall–Kier alpha value is -1.23. The van der Waals surface area contributed by atoms with E-state index < -0.39 is 0 Å². The molecule has 3 heterocycles. The molecule has 0 saturated heterocycles. The Morgan fingerprint density at radius 2 is 2.10 bits per heavy atom. The number of nitrogens with one attached hydrogen (secondary N) is 1. The first kappa shape index (κ1) is 13.7. The van der Waals surface area contributed by atoms with Gasteiger partial charge < -0.3 is 5.32 Å². The van der Waals surface area contributed by atoms with Crippen molar-refractivity contribution in [3.05, 3.63) is 51.2 Å². The van der Waals surface area contributed by atoms with Gasteiger partial charge in [0, 0.05) is 11.1 Å². The number of hydrogen-bond acceptors (Lipinski definition) is 4. The fourth-order valence-electron chi connectivity index (χ4n) is 2.35. The maximum atomic E-state index is 4.58. The highest BCUT2D eigenvalue weighted by Crippen LogP contribution is 2.31. The topological polar surface area (TPSA) is 24.9 Å². The zero-order chi connectivity index (χ0) is 13.9. The molecule has 0 bridgehead atoms. The summed E-state index contributed by atoms with van der Waals surface area (Å²) in [6.45, 7) is 5.40. The van der Waals surface area contributed by atoms with Gasteiger partial charge in [-0.3, -0.25) is 4.98 Å². The first-order valence-corrected chi connectivity index (χ1v) is 8.66. The lowest BCUT2D eigenvalue weighted by Gasteiger charge is -2.18. The van der Waals surface area contributed by atoms with Crippen LogP contribution in [0, 0.1) is 6.92 Å².